The Morgan fingerprint density at radius 1 is 0.875 bits per heavy atom. The van der Waals surface area contributed by atoms with Crippen molar-refractivity contribution in [1.29, 1.82) is 0 Å². The van der Waals surface area contributed by atoms with Crippen LogP contribution in [0.2, 0.25) is 0 Å². The first kappa shape index (κ1) is 18.6. The van der Waals surface area contributed by atoms with Crippen molar-refractivity contribution in [3.63, 3.8) is 0 Å². The Labute approximate surface area is 185 Å². The van der Waals surface area contributed by atoms with Gasteiger partial charge in [-0.3, -0.25) is 4.79 Å². The SMILES string of the molecule is Cc1ccc(-n2nc3c(c2-n2cccc2)CN(C(=O)c2ccc4ccccc4n2)C3)cc1. The van der Waals surface area contributed by atoms with Gasteiger partial charge in [-0.2, -0.15) is 5.10 Å². The van der Waals surface area contributed by atoms with Crippen molar-refractivity contribution < 1.29 is 4.79 Å². The lowest BCUT2D eigenvalue weighted by atomic mass is 10.2. The highest BCUT2D eigenvalue weighted by Gasteiger charge is 2.32. The normalized spacial score (nSPS) is 13.0. The number of hydrogen-bond acceptors (Lipinski definition) is 3. The summed E-state index contributed by atoms with van der Waals surface area (Å²) in [6, 6.07) is 23.9. The molecule has 0 spiro atoms. The highest BCUT2D eigenvalue weighted by molar-refractivity contribution is 5.95. The Balaban J connectivity index is 1.37. The van der Waals surface area contributed by atoms with Gasteiger partial charge in [-0.15, -0.1) is 0 Å². The third kappa shape index (κ3) is 3.00. The number of rotatable bonds is 3. The van der Waals surface area contributed by atoms with Gasteiger partial charge in [0.1, 0.15) is 11.5 Å². The number of fused-ring (bicyclic) bond motifs is 2. The number of aromatic nitrogens is 4. The van der Waals surface area contributed by atoms with Crippen LogP contribution >= 0.6 is 0 Å². The highest BCUT2D eigenvalue weighted by atomic mass is 16.2. The summed E-state index contributed by atoms with van der Waals surface area (Å²) in [4.78, 5) is 19.7. The molecule has 4 heterocycles. The lowest BCUT2D eigenvalue weighted by molar-refractivity contribution is 0.0743. The van der Waals surface area contributed by atoms with Crippen LogP contribution in [0, 0.1) is 6.92 Å². The number of hydrogen-bond donors (Lipinski definition) is 0. The Bertz CT molecular complexity index is 1450. The maximum atomic E-state index is 13.3. The third-order valence-electron chi connectivity index (χ3n) is 5.96. The number of amides is 1. The standard InChI is InChI=1S/C26H21N5O/c1-18-8-11-20(12-9-18)31-25(29-14-4-5-15-29)21-16-30(17-24(21)28-31)26(32)23-13-10-19-6-2-3-7-22(19)27-23/h2-15H,16-17H2,1H3. The van der Waals surface area contributed by atoms with Gasteiger partial charge in [0.15, 0.2) is 0 Å². The summed E-state index contributed by atoms with van der Waals surface area (Å²) in [5.74, 6) is 0.893. The summed E-state index contributed by atoms with van der Waals surface area (Å²) in [5, 5.41) is 5.93. The first-order chi connectivity index (χ1) is 15.7. The van der Waals surface area contributed by atoms with Crippen molar-refractivity contribution in [1.82, 2.24) is 24.2 Å². The Hall–Kier alpha value is -4.19. The fraction of sp³-hybridized carbons (Fsp3) is 0.115. The number of aryl methyl sites for hydroxylation is 1. The van der Waals surface area contributed by atoms with Crippen molar-refractivity contribution in [2.75, 3.05) is 0 Å². The van der Waals surface area contributed by atoms with Crippen molar-refractivity contribution in [3.8, 4) is 11.5 Å². The molecule has 6 nitrogen and oxygen atoms in total. The topological polar surface area (TPSA) is 56.0 Å². The molecule has 2 aromatic carbocycles. The van der Waals surface area contributed by atoms with Crippen LogP contribution in [0.1, 0.15) is 27.3 Å². The van der Waals surface area contributed by atoms with Crippen LogP contribution in [0.4, 0.5) is 0 Å². The molecule has 0 radical (unpaired) electrons. The molecule has 0 N–H and O–H groups in total. The van der Waals surface area contributed by atoms with Gasteiger partial charge >= 0.3 is 0 Å². The first-order valence-corrected chi connectivity index (χ1v) is 10.6. The number of carbonyl (C=O) groups excluding carboxylic acids is 1. The van der Waals surface area contributed by atoms with E-state index in [1.54, 1.807) is 6.07 Å². The van der Waals surface area contributed by atoms with Gasteiger partial charge in [0, 0.05) is 23.3 Å². The summed E-state index contributed by atoms with van der Waals surface area (Å²) in [7, 11) is 0. The molecule has 6 rings (SSSR count). The second-order valence-electron chi connectivity index (χ2n) is 8.14. The van der Waals surface area contributed by atoms with Gasteiger partial charge in [0.05, 0.1) is 30.0 Å². The van der Waals surface area contributed by atoms with Crippen LogP contribution in [-0.2, 0) is 13.1 Å². The summed E-state index contributed by atoms with van der Waals surface area (Å²) in [6.45, 7) is 3.04. The van der Waals surface area contributed by atoms with Crippen molar-refractivity contribution in [2.24, 2.45) is 0 Å². The predicted molar refractivity (Wildman–Crippen MR) is 123 cm³/mol. The lowest BCUT2D eigenvalue weighted by Crippen LogP contribution is -2.27. The molecule has 32 heavy (non-hydrogen) atoms. The van der Waals surface area contributed by atoms with Gasteiger partial charge in [0.2, 0.25) is 0 Å². The molecule has 1 aliphatic rings. The first-order valence-electron chi connectivity index (χ1n) is 10.6. The van der Waals surface area contributed by atoms with Crippen LogP contribution in [0.15, 0.2) is 85.2 Å². The summed E-state index contributed by atoms with van der Waals surface area (Å²) in [6.07, 6.45) is 4.02. The maximum absolute atomic E-state index is 13.3. The molecule has 5 aromatic rings. The van der Waals surface area contributed by atoms with E-state index in [1.165, 1.54) is 5.56 Å². The zero-order chi connectivity index (χ0) is 21.7. The van der Waals surface area contributed by atoms with E-state index in [9.17, 15) is 4.79 Å². The molecule has 0 unspecified atom stereocenters. The van der Waals surface area contributed by atoms with Crippen LogP contribution in [0.25, 0.3) is 22.4 Å². The fourth-order valence-corrected chi connectivity index (χ4v) is 4.30. The average molecular weight is 419 g/mol. The Morgan fingerprint density at radius 2 is 1.66 bits per heavy atom. The molecule has 1 aliphatic heterocycles. The second kappa shape index (κ2) is 7.20. The van der Waals surface area contributed by atoms with Crippen molar-refractivity contribution in [3.05, 3.63) is 108 Å². The second-order valence-corrected chi connectivity index (χ2v) is 8.14. The van der Waals surface area contributed by atoms with E-state index in [2.05, 4.69) is 40.7 Å². The molecular formula is C26H21N5O. The van der Waals surface area contributed by atoms with E-state index in [0.717, 1.165) is 33.7 Å². The van der Waals surface area contributed by atoms with Gasteiger partial charge in [0.25, 0.3) is 5.91 Å². The number of nitrogens with zero attached hydrogens (tertiary/aromatic N) is 5. The van der Waals surface area contributed by atoms with Gasteiger partial charge in [-0.1, -0.05) is 42.0 Å². The van der Waals surface area contributed by atoms with E-state index in [4.69, 9.17) is 5.10 Å². The minimum Gasteiger partial charge on any atom is -0.327 e. The minimum atomic E-state index is -0.0749. The average Bonchev–Trinajstić information content (AvgIpc) is 3.55. The van der Waals surface area contributed by atoms with Gasteiger partial charge in [-0.25, -0.2) is 9.67 Å². The number of benzene rings is 2. The zero-order valence-corrected chi connectivity index (χ0v) is 17.6. The third-order valence-corrected chi connectivity index (χ3v) is 5.96. The lowest BCUT2D eigenvalue weighted by Gasteiger charge is -2.17. The highest BCUT2D eigenvalue weighted by Crippen LogP contribution is 2.31. The Morgan fingerprint density at radius 3 is 2.47 bits per heavy atom. The summed E-state index contributed by atoms with van der Waals surface area (Å²) >= 11 is 0. The number of carbonyl (C=O) groups is 1. The smallest absolute Gasteiger partial charge is 0.273 e. The van der Waals surface area contributed by atoms with E-state index in [1.807, 2.05) is 64.4 Å². The summed E-state index contributed by atoms with van der Waals surface area (Å²) in [5.41, 5.74) is 5.48. The van der Waals surface area contributed by atoms with Crippen LogP contribution < -0.4 is 0 Å². The Kier molecular flexibility index (Phi) is 4.18. The molecule has 0 atom stereocenters. The fourth-order valence-electron chi connectivity index (χ4n) is 4.30. The van der Waals surface area contributed by atoms with E-state index in [-0.39, 0.29) is 5.91 Å². The summed E-state index contributed by atoms with van der Waals surface area (Å²) < 4.78 is 4.04. The van der Waals surface area contributed by atoms with Crippen LogP contribution in [0.3, 0.4) is 0 Å². The van der Waals surface area contributed by atoms with Crippen LogP contribution in [0.5, 0.6) is 0 Å². The number of pyridine rings is 1. The van der Waals surface area contributed by atoms with Crippen molar-refractivity contribution >= 4 is 16.8 Å². The van der Waals surface area contributed by atoms with Crippen molar-refractivity contribution in [2.45, 2.75) is 20.0 Å². The molecule has 0 saturated carbocycles. The maximum Gasteiger partial charge on any atom is 0.273 e. The minimum absolute atomic E-state index is 0.0749. The number of para-hydroxylation sites is 1. The van der Waals surface area contributed by atoms with Gasteiger partial charge < -0.3 is 9.47 Å². The molecule has 1 amide bonds. The quantitative estimate of drug-likeness (QED) is 0.427. The van der Waals surface area contributed by atoms with Crippen LogP contribution in [-0.4, -0.2) is 30.1 Å². The zero-order valence-electron chi connectivity index (χ0n) is 17.6. The van der Waals surface area contributed by atoms with Gasteiger partial charge in [-0.05, 0) is 43.3 Å². The largest absolute Gasteiger partial charge is 0.327 e. The molecule has 156 valence electrons. The molecule has 0 aliphatic carbocycles. The molecule has 0 bridgehead atoms. The monoisotopic (exact) mass is 419 g/mol. The van der Waals surface area contributed by atoms with E-state index >= 15 is 0 Å². The molecule has 0 saturated heterocycles. The predicted octanol–water partition coefficient (Wildman–Crippen LogP) is 4.68. The molecular weight excluding hydrogens is 398 g/mol. The molecule has 0 fully saturated rings. The molecule has 6 heteroatoms. The van der Waals surface area contributed by atoms with E-state index in [0.29, 0.717) is 18.8 Å². The molecule has 3 aromatic heterocycles. The van der Waals surface area contributed by atoms with E-state index < -0.39 is 0 Å².